The van der Waals surface area contributed by atoms with Gasteiger partial charge in [-0.05, 0) is 18.2 Å². The van der Waals surface area contributed by atoms with Crippen molar-refractivity contribution in [2.24, 2.45) is 5.73 Å². The molecule has 1 aromatic heterocycles. The molecule has 1 heterocycles. The summed E-state index contributed by atoms with van der Waals surface area (Å²) in [7, 11) is 0. The molecule has 0 aliphatic rings. The Morgan fingerprint density at radius 3 is 2.68 bits per heavy atom. The number of nitrogens with two attached hydrogens (primary N) is 1. The summed E-state index contributed by atoms with van der Waals surface area (Å²) in [5.74, 6) is -0.293. The van der Waals surface area contributed by atoms with Crippen LogP contribution in [0.4, 0.5) is 13.2 Å². The van der Waals surface area contributed by atoms with Crippen LogP contribution in [-0.2, 0) is 6.54 Å². The fraction of sp³-hybridized carbons (Fsp3) is 0.273. The fourth-order valence-corrected chi connectivity index (χ4v) is 1.92. The van der Waals surface area contributed by atoms with Crippen molar-refractivity contribution in [2.45, 2.75) is 19.1 Å². The number of aryl methyl sites for hydroxylation is 1. The van der Waals surface area contributed by atoms with Gasteiger partial charge in [-0.2, -0.15) is 18.3 Å². The summed E-state index contributed by atoms with van der Waals surface area (Å²) in [6.07, 6.45) is -5.28. The third-order valence-electron chi connectivity index (χ3n) is 2.58. The highest BCUT2D eigenvalue weighted by Gasteiger charge is 2.27. The topological polar surface area (TPSA) is 67.7 Å². The summed E-state index contributed by atoms with van der Waals surface area (Å²) in [5.41, 5.74) is 5.96. The average Bonchev–Trinajstić information content (AvgIpc) is 2.63. The Kier molecular flexibility index (Phi) is 3.40. The molecule has 3 N–H and O–H groups in total. The normalized spacial score (nSPS) is 12.0. The number of nitrogens with one attached hydrogen (secondary N) is 1. The van der Waals surface area contributed by atoms with Gasteiger partial charge in [0, 0.05) is 10.4 Å². The minimum absolute atomic E-state index is 0.161. The lowest BCUT2D eigenvalue weighted by Gasteiger charge is -2.07. The first-order valence-electron chi connectivity index (χ1n) is 5.35. The number of alkyl halides is 3. The van der Waals surface area contributed by atoms with Gasteiger partial charge in [0.25, 0.3) is 0 Å². The molecule has 0 radical (unpaired) electrons. The fourth-order valence-electron chi connectivity index (χ4n) is 1.75. The molecular formula is C11H10ClF3N4. The second-order valence-electron chi connectivity index (χ2n) is 4.01. The van der Waals surface area contributed by atoms with Crippen LogP contribution in [0.1, 0.15) is 12.1 Å². The number of hydrogen-bond acceptors (Lipinski definition) is 2. The van der Waals surface area contributed by atoms with Gasteiger partial charge in [0.1, 0.15) is 11.5 Å². The van der Waals surface area contributed by atoms with E-state index in [4.69, 9.17) is 22.7 Å². The lowest BCUT2D eigenvalue weighted by atomic mass is 10.2. The number of nitrogens with zero attached hydrogens (tertiary/aromatic N) is 2. The standard InChI is InChI=1S/C11H10ClF3N4/c12-6-1-2-7-8(5-6)19(4-3-11(13,14)15)18-9(7)10(16)17/h1-2,5H,3-4H2,(H3,16,17). The first kappa shape index (κ1) is 13.7. The van der Waals surface area contributed by atoms with Crippen molar-refractivity contribution in [3.63, 3.8) is 0 Å². The summed E-state index contributed by atoms with van der Waals surface area (Å²) in [6, 6.07) is 4.67. The molecular weight excluding hydrogens is 281 g/mol. The summed E-state index contributed by atoms with van der Waals surface area (Å²) < 4.78 is 37.9. The van der Waals surface area contributed by atoms with Gasteiger partial charge in [0.15, 0.2) is 0 Å². The lowest BCUT2D eigenvalue weighted by molar-refractivity contribution is -0.137. The maximum absolute atomic E-state index is 12.3. The van der Waals surface area contributed by atoms with Crippen LogP contribution in [0.15, 0.2) is 18.2 Å². The smallest absolute Gasteiger partial charge is 0.382 e. The average molecular weight is 291 g/mol. The Morgan fingerprint density at radius 2 is 2.11 bits per heavy atom. The second kappa shape index (κ2) is 4.73. The zero-order valence-electron chi connectivity index (χ0n) is 9.63. The molecule has 0 saturated heterocycles. The molecule has 2 aromatic rings. The number of benzene rings is 1. The molecule has 102 valence electrons. The number of hydrogen-bond donors (Lipinski definition) is 2. The minimum Gasteiger partial charge on any atom is -0.382 e. The van der Waals surface area contributed by atoms with Gasteiger partial charge in [-0.3, -0.25) is 10.1 Å². The van der Waals surface area contributed by atoms with Crippen molar-refractivity contribution in [3.05, 3.63) is 28.9 Å². The van der Waals surface area contributed by atoms with Crippen molar-refractivity contribution in [1.82, 2.24) is 9.78 Å². The Labute approximate surface area is 111 Å². The minimum atomic E-state index is -4.27. The summed E-state index contributed by atoms with van der Waals surface area (Å²) in [6.45, 7) is -0.340. The van der Waals surface area contributed by atoms with E-state index in [0.717, 1.165) is 0 Å². The van der Waals surface area contributed by atoms with Crippen molar-refractivity contribution >= 4 is 28.3 Å². The molecule has 0 unspecified atom stereocenters. The van der Waals surface area contributed by atoms with E-state index < -0.39 is 12.6 Å². The Morgan fingerprint density at radius 1 is 1.42 bits per heavy atom. The van der Waals surface area contributed by atoms with E-state index in [1.54, 1.807) is 12.1 Å². The van der Waals surface area contributed by atoms with Crippen LogP contribution >= 0.6 is 11.6 Å². The van der Waals surface area contributed by atoms with Crippen LogP contribution in [0.5, 0.6) is 0 Å². The Hall–Kier alpha value is -1.76. The number of halogens is 4. The highest BCUT2D eigenvalue weighted by Crippen LogP contribution is 2.25. The van der Waals surface area contributed by atoms with Crippen LogP contribution in [0.2, 0.25) is 5.02 Å². The van der Waals surface area contributed by atoms with Gasteiger partial charge in [0.2, 0.25) is 0 Å². The summed E-state index contributed by atoms with van der Waals surface area (Å²) >= 11 is 5.82. The molecule has 19 heavy (non-hydrogen) atoms. The van der Waals surface area contributed by atoms with E-state index >= 15 is 0 Å². The van der Waals surface area contributed by atoms with Gasteiger partial charge in [0.05, 0.1) is 18.5 Å². The molecule has 1 aromatic carbocycles. The molecule has 0 bridgehead atoms. The third kappa shape index (κ3) is 2.98. The highest BCUT2D eigenvalue weighted by molar-refractivity contribution is 6.31. The highest BCUT2D eigenvalue weighted by atomic mass is 35.5. The zero-order valence-corrected chi connectivity index (χ0v) is 10.4. The van der Waals surface area contributed by atoms with Crippen molar-refractivity contribution in [3.8, 4) is 0 Å². The maximum Gasteiger partial charge on any atom is 0.390 e. The van der Waals surface area contributed by atoms with Gasteiger partial charge in [-0.1, -0.05) is 11.6 Å². The molecule has 0 aliphatic heterocycles. The molecule has 0 aliphatic carbocycles. The van der Waals surface area contributed by atoms with E-state index in [0.29, 0.717) is 15.9 Å². The van der Waals surface area contributed by atoms with Crippen LogP contribution in [0.25, 0.3) is 10.9 Å². The first-order valence-corrected chi connectivity index (χ1v) is 5.73. The monoisotopic (exact) mass is 290 g/mol. The number of fused-ring (bicyclic) bond motifs is 1. The van der Waals surface area contributed by atoms with Crippen molar-refractivity contribution in [1.29, 1.82) is 5.41 Å². The lowest BCUT2D eigenvalue weighted by Crippen LogP contribution is -2.15. The van der Waals surface area contributed by atoms with Gasteiger partial charge in [-0.15, -0.1) is 0 Å². The predicted molar refractivity (Wildman–Crippen MR) is 66.4 cm³/mol. The molecule has 0 saturated carbocycles. The van der Waals surface area contributed by atoms with E-state index in [2.05, 4.69) is 5.10 Å². The molecule has 0 amide bonds. The number of aromatic nitrogens is 2. The molecule has 8 heteroatoms. The molecule has 4 nitrogen and oxygen atoms in total. The SMILES string of the molecule is N=C(N)c1nn(CCC(F)(F)F)c2cc(Cl)ccc12. The van der Waals surface area contributed by atoms with Crippen LogP contribution in [-0.4, -0.2) is 21.8 Å². The van der Waals surface area contributed by atoms with Gasteiger partial charge in [-0.25, -0.2) is 0 Å². The second-order valence-corrected chi connectivity index (χ2v) is 4.45. The van der Waals surface area contributed by atoms with Crippen LogP contribution in [0, 0.1) is 5.41 Å². The number of amidine groups is 1. The van der Waals surface area contributed by atoms with Gasteiger partial charge < -0.3 is 5.73 Å². The van der Waals surface area contributed by atoms with E-state index in [1.807, 2.05) is 0 Å². The first-order chi connectivity index (χ1) is 8.78. The van der Waals surface area contributed by atoms with Crippen molar-refractivity contribution in [2.75, 3.05) is 0 Å². The molecule has 0 fully saturated rings. The van der Waals surface area contributed by atoms with Gasteiger partial charge >= 0.3 is 6.18 Å². The van der Waals surface area contributed by atoms with E-state index in [-0.39, 0.29) is 18.1 Å². The summed E-state index contributed by atoms with van der Waals surface area (Å²) in [4.78, 5) is 0. The maximum atomic E-state index is 12.3. The van der Waals surface area contributed by atoms with E-state index in [1.165, 1.54) is 10.7 Å². The largest absolute Gasteiger partial charge is 0.390 e. The zero-order chi connectivity index (χ0) is 14.2. The van der Waals surface area contributed by atoms with Crippen LogP contribution < -0.4 is 5.73 Å². The third-order valence-corrected chi connectivity index (χ3v) is 2.81. The van der Waals surface area contributed by atoms with E-state index in [9.17, 15) is 13.2 Å². The quantitative estimate of drug-likeness (QED) is 0.674. The summed E-state index contributed by atoms with van der Waals surface area (Å²) in [5, 5.41) is 12.2. The van der Waals surface area contributed by atoms with Crippen LogP contribution in [0.3, 0.4) is 0 Å². The number of rotatable bonds is 3. The number of nitrogen functional groups attached to an aromatic ring is 1. The van der Waals surface area contributed by atoms with Crippen molar-refractivity contribution < 1.29 is 13.2 Å². The molecule has 0 spiro atoms. The molecule has 0 atom stereocenters. The Balaban J connectivity index is 2.48. The molecule has 2 rings (SSSR count). The predicted octanol–water partition coefficient (Wildman–Crippen LogP) is 2.93. The Bertz CT molecular complexity index is 633.